The van der Waals surface area contributed by atoms with Gasteiger partial charge in [-0.2, -0.15) is 4.31 Å². The minimum atomic E-state index is -3.54. The Morgan fingerprint density at radius 2 is 2.20 bits per heavy atom. The molecule has 1 saturated heterocycles. The van der Waals surface area contributed by atoms with Gasteiger partial charge >= 0.3 is 0 Å². The zero-order valence-corrected chi connectivity index (χ0v) is 12.9. The Bertz CT molecular complexity index is 569. The van der Waals surface area contributed by atoms with E-state index in [0.29, 0.717) is 25.3 Å². The standard InChI is InChI=1S/C13H21N3O3S/c1-10-8-16(9-13(2,3)19-10)20(17,18)12-5-4-11(6-14)15-7-12/h4-5,7,10H,6,8-9,14H2,1-3H3. The summed E-state index contributed by atoms with van der Waals surface area (Å²) in [6, 6.07) is 3.19. The fraction of sp³-hybridized carbons (Fsp3) is 0.615. The van der Waals surface area contributed by atoms with Crippen molar-refractivity contribution in [1.82, 2.24) is 9.29 Å². The molecule has 1 unspecified atom stereocenters. The van der Waals surface area contributed by atoms with Crippen molar-refractivity contribution in [1.29, 1.82) is 0 Å². The van der Waals surface area contributed by atoms with Crippen LogP contribution in [0.2, 0.25) is 0 Å². The lowest BCUT2D eigenvalue weighted by Gasteiger charge is -2.40. The highest BCUT2D eigenvalue weighted by Crippen LogP contribution is 2.26. The summed E-state index contributed by atoms with van der Waals surface area (Å²) in [5, 5.41) is 0. The molecule has 1 fully saturated rings. The van der Waals surface area contributed by atoms with E-state index in [-0.39, 0.29) is 11.0 Å². The van der Waals surface area contributed by atoms with Crippen LogP contribution in [0.1, 0.15) is 26.5 Å². The third-order valence-corrected chi connectivity index (χ3v) is 4.98. The maximum Gasteiger partial charge on any atom is 0.244 e. The Kier molecular flexibility index (Phi) is 4.15. The normalized spacial score (nSPS) is 23.7. The first-order valence-electron chi connectivity index (χ1n) is 6.57. The number of nitrogens with zero attached hydrogens (tertiary/aromatic N) is 2. The molecular formula is C13H21N3O3S. The third kappa shape index (κ3) is 3.17. The number of hydrogen-bond donors (Lipinski definition) is 1. The average Bonchev–Trinajstić information content (AvgIpc) is 2.36. The third-order valence-electron chi connectivity index (χ3n) is 3.18. The molecule has 0 aromatic carbocycles. The Balaban J connectivity index is 2.29. The van der Waals surface area contributed by atoms with E-state index in [9.17, 15) is 8.42 Å². The summed E-state index contributed by atoms with van der Waals surface area (Å²) in [6.45, 7) is 6.63. The highest BCUT2D eigenvalue weighted by molar-refractivity contribution is 7.89. The number of rotatable bonds is 3. The maximum absolute atomic E-state index is 12.6. The molecule has 2 rings (SSSR count). The Hall–Kier alpha value is -1.02. The number of aromatic nitrogens is 1. The second-order valence-electron chi connectivity index (χ2n) is 5.68. The van der Waals surface area contributed by atoms with Crippen molar-refractivity contribution in [2.45, 2.75) is 43.9 Å². The van der Waals surface area contributed by atoms with Gasteiger partial charge < -0.3 is 10.5 Å². The van der Waals surface area contributed by atoms with Gasteiger partial charge in [0, 0.05) is 25.8 Å². The van der Waals surface area contributed by atoms with E-state index in [1.54, 1.807) is 12.1 Å². The van der Waals surface area contributed by atoms with Gasteiger partial charge in [0.15, 0.2) is 0 Å². The highest BCUT2D eigenvalue weighted by atomic mass is 32.2. The molecule has 112 valence electrons. The molecule has 6 nitrogen and oxygen atoms in total. The first kappa shape index (κ1) is 15.4. The van der Waals surface area contributed by atoms with Gasteiger partial charge in [-0.3, -0.25) is 4.98 Å². The second kappa shape index (κ2) is 5.40. The van der Waals surface area contributed by atoms with Crippen LogP contribution in [0.25, 0.3) is 0 Å². The van der Waals surface area contributed by atoms with Crippen molar-refractivity contribution >= 4 is 10.0 Å². The van der Waals surface area contributed by atoms with Gasteiger partial charge in [0.2, 0.25) is 10.0 Å². The van der Waals surface area contributed by atoms with Gasteiger partial charge in [0.25, 0.3) is 0 Å². The number of nitrogens with two attached hydrogens (primary N) is 1. The molecule has 0 bridgehead atoms. The summed E-state index contributed by atoms with van der Waals surface area (Å²) in [4.78, 5) is 4.25. The maximum atomic E-state index is 12.6. The molecule has 1 aliphatic heterocycles. The summed E-state index contributed by atoms with van der Waals surface area (Å²) in [5.41, 5.74) is 5.64. The minimum absolute atomic E-state index is 0.134. The van der Waals surface area contributed by atoms with Crippen molar-refractivity contribution in [2.24, 2.45) is 5.73 Å². The molecule has 0 amide bonds. The van der Waals surface area contributed by atoms with Gasteiger partial charge in [-0.25, -0.2) is 8.42 Å². The van der Waals surface area contributed by atoms with E-state index in [1.807, 2.05) is 20.8 Å². The molecule has 0 spiro atoms. The SMILES string of the molecule is CC1CN(S(=O)(=O)c2ccc(CN)nc2)CC(C)(C)O1. The van der Waals surface area contributed by atoms with E-state index >= 15 is 0 Å². The van der Waals surface area contributed by atoms with E-state index in [0.717, 1.165) is 0 Å². The van der Waals surface area contributed by atoms with E-state index in [4.69, 9.17) is 10.5 Å². The summed E-state index contributed by atoms with van der Waals surface area (Å²) >= 11 is 0. The average molecular weight is 299 g/mol. The lowest BCUT2D eigenvalue weighted by Crippen LogP contribution is -2.53. The second-order valence-corrected chi connectivity index (χ2v) is 7.61. The number of sulfonamides is 1. The van der Waals surface area contributed by atoms with E-state index in [2.05, 4.69) is 4.98 Å². The smallest absolute Gasteiger partial charge is 0.244 e. The van der Waals surface area contributed by atoms with Gasteiger partial charge in [-0.1, -0.05) is 0 Å². The van der Waals surface area contributed by atoms with Crippen LogP contribution < -0.4 is 5.73 Å². The first-order chi connectivity index (χ1) is 9.24. The van der Waals surface area contributed by atoms with Crippen LogP contribution >= 0.6 is 0 Å². The topological polar surface area (TPSA) is 85.5 Å². The molecule has 0 saturated carbocycles. The quantitative estimate of drug-likeness (QED) is 0.889. The van der Waals surface area contributed by atoms with Crippen LogP contribution in [0.3, 0.4) is 0 Å². The van der Waals surface area contributed by atoms with Crippen molar-refractivity contribution in [3.63, 3.8) is 0 Å². The minimum Gasteiger partial charge on any atom is -0.370 e. The molecule has 2 heterocycles. The fourth-order valence-electron chi connectivity index (χ4n) is 2.41. The van der Waals surface area contributed by atoms with Gasteiger partial charge in [0.05, 0.1) is 17.4 Å². The number of pyridine rings is 1. The van der Waals surface area contributed by atoms with Gasteiger partial charge in [-0.05, 0) is 32.9 Å². The van der Waals surface area contributed by atoms with Crippen molar-refractivity contribution < 1.29 is 13.2 Å². The van der Waals surface area contributed by atoms with Crippen LogP contribution in [0.15, 0.2) is 23.2 Å². The van der Waals surface area contributed by atoms with Crippen LogP contribution in [-0.2, 0) is 21.3 Å². The zero-order valence-electron chi connectivity index (χ0n) is 12.0. The Morgan fingerprint density at radius 3 is 2.70 bits per heavy atom. The molecule has 0 aliphatic carbocycles. The summed E-state index contributed by atoms with van der Waals surface area (Å²) in [6.07, 6.45) is 1.23. The van der Waals surface area contributed by atoms with Crippen molar-refractivity contribution in [3.8, 4) is 0 Å². The monoisotopic (exact) mass is 299 g/mol. The lowest BCUT2D eigenvalue weighted by atomic mass is 10.1. The van der Waals surface area contributed by atoms with E-state index < -0.39 is 15.6 Å². The predicted molar refractivity (Wildman–Crippen MR) is 75.5 cm³/mol. The fourth-order valence-corrected chi connectivity index (χ4v) is 4.02. The van der Waals surface area contributed by atoms with Crippen molar-refractivity contribution in [2.75, 3.05) is 13.1 Å². The predicted octanol–water partition coefficient (Wildman–Crippen LogP) is 0.728. The lowest BCUT2D eigenvalue weighted by molar-refractivity contribution is -0.109. The zero-order chi connectivity index (χ0) is 15.0. The summed E-state index contributed by atoms with van der Waals surface area (Å²) in [5.74, 6) is 0. The van der Waals surface area contributed by atoms with Crippen LogP contribution in [0.5, 0.6) is 0 Å². The van der Waals surface area contributed by atoms with Crippen LogP contribution in [0.4, 0.5) is 0 Å². The Morgan fingerprint density at radius 1 is 1.50 bits per heavy atom. The molecule has 1 aromatic heterocycles. The largest absolute Gasteiger partial charge is 0.370 e. The number of ether oxygens (including phenoxy) is 1. The molecule has 2 N–H and O–H groups in total. The first-order valence-corrected chi connectivity index (χ1v) is 8.01. The summed E-state index contributed by atoms with van der Waals surface area (Å²) in [7, 11) is -3.54. The van der Waals surface area contributed by atoms with Gasteiger partial charge in [-0.15, -0.1) is 0 Å². The molecule has 7 heteroatoms. The van der Waals surface area contributed by atoms with Gasteiger partial charge in [0.1, 0.15) is 4.90 Å². The molecule has 1 atom stereocenters. The molecule has 1 aliphatic rings. The molecule has 20 heavy (non-hydrogen) atoms. The number of hydrogen-bond acceptors (Lipinski definition) is 5. The molecule has 0 radical (unpaired) electrons. The van der Waals surface area contributed by atoms with E-state index in [1.165, 1.54) is 10.5 Å². The number of morpholine rings is 1. The van der Waals surface area contributed by atoms with Crippen LogP contribution in [-0.4, -0.2) is 42.5 Å². The Labute approximate surface area is 120 Å². The van der Waals surface area contributed by atoms with Crippen LogP contribution in [0, 0.1) is 0 Å². The highest BCUT2D eigenvalue weighted by Gasteiger charge is 2.37. The molecular weight excluding hydrogens is 278 g/mol. The molecule has 1 aromatic rings. The van der Waals surface area contributed by atoms with Crippen molar-refractivity contribution in [3.05, 3.63) is 24.0 Å². The summed E-state index contributed by atoms with van der Waals surface area (Å²) < 4.78 is 32.4.